The summed E-state index contributed by atoms with van der Waals surface area (Å²) in [4.78, 5) is 12.6. The van der Waals surface area contributed by atoms with Crippen LogP contribution in [0.5, 0.6) is 11.5 Å². The average Bonchev–Trinajstić information content (AvgIpc) is 2.84. The predicted octanol–water partition coefficient (Wildman–Crippen LogP) is -0.132. The summed E-state index contributed by atoms with van der Waals surface area (Å²) in [5, 5.41) is 50.7. The Morgan fingerprint density at radius 1 is 1.14 bits per heavy atom. The molecule has 0 spiro atoms. The van der Waals surface area contributed by atoms with Crippen LogP contribution in [0.15, 0.2) is 47.4 Å². The number of aliphatic hydroxyl groups excluding tert-OH is 4. The summed E-state index contributed by atoms with van der Waals surface area (Å²) in [6.07, 6.45) is -4.66. The van der Waals surface area contributed by atoms with Gasteiger partial charge in [-0.05, 0) is 30.7 Å². The Bertz CT molecular complexity index is 1150. The van der Waals surface area contributed by atoms with Gasteiger partial charge in [0.1, 0.15) is 35.0 Å². The van der Waals surface area contributed by atoms with E-state index in [4.69, 9.17) is 14.6 Å². The molecule has 0 aromatic heterocycles. The molecule has 1 unspecified atom stereocenters. The number of nitrogens with two attached hydrogens (primary N) is 1. The van der Waals surface area contributed by atoms with Crippen molar-refractivity contribution in [3.05, 3.63) is 48.0 Å². The van der Waals surface area contributed by atoms with E-state index in [9.17, 15) is 33.6 Å². The molecule has 2 aromatic carbocycles. The smallest absolute Gasteiger partial charge is 0.251 e. The second-order valence-electron chi connectivity index (χ2n) is 8.32. The summed E-state index contributed by atoms with van der Waals surface area (Å²) < 4.78 is 35.9. The van der Waals surface area contributed by atoms with Gasteiger partial charge >= 0.3 is 0 Å². The summed E-state index contributed by atoms with van der Waals surface area (Å²) in [5.41, 5.74) is 0.0157. The van der Waals surface area contributed by atoms with E-state index in [0.717, 1.165) is 18.9 Å². The maximum atomic E-state index is 13.1. The first-order chi connectivity index (χ1) is 17.1. The topological polar surface area (TPSA) is 201 Å². The third-order valence-corrected chi connectivity index (χ3v) is 6.55. The fourth-order valence-electron chi connectivity index (χ4n) is 3.68. The molecule has 3 rings (SSSR count). The molecule has 1 fully saturated rings. The van der Waals surface area contributed by atoms with Crippen molar-refractivity contribution < 1.29 is 43.1 Å². The number of carbonyl (C=O) groups excluding carboxylic acids is 1. The minimum atomic E-state index is -4.37. The molecule has 1 aliphatic rings. The maximum Gasteiger partial charge on any atom is 0.251 e. The fraction of sp³-hybridized carbons (Fsp3) is 0.435. The summed E-state index contributed by atoms with van der Waals surface area (Å²) in [6, 6.07) is 9.33. The third kappa shape index (κ3) is 6.50. The molecule has 1 heterocycles. The summed E-state index contributed by atoms with van der Waals surface area (Å²) in [6.45, 7) is 1.75. The molecule has 0 aliphatic carbocycles. The number of sulfonamides is 1. The Balaban J connectivity index is 1.99. The summed E-state index contributed by atoms with van der Waals surface area (Å²) >= 11 is 0. The number of unbranched alkanes of at least 4 members (excludes halogenated alkanes) is 1. The van der Waals surface area contributed by atoms with Crippen molar-refractivity contribution in [3.63, 3.8) is 0 Å². The Morgan fingerprint density at radius 2 is 1.83 bits per heavy atom. The van der Waals surface area contributed by atoms with Crippen LogP contribution in [-0.4, -0.2) is 78.5 Å². The highest BCUT2D eigenvalue weighted by Gasteiger charge is 2.44. The van der Waals surface area contributed by atoms with Crippen molar-refractivity contribution >= 4 is 21.6 Å². The number of nitrogens with one attached hydrogen (secondary N) is 2. The van der Waals surface area contributed by atoms with Gasteiger partial charge in [-0.2, -0.15) is 0 Å². The van der Waals surface area contributed by atoms with Gasteiger partial charge in [-0.3, -0.25) is 4.79 Å². The molecule has 198 valence electrons. The van der Waals surface area contributed by atoms with E-state index in [0.29, 0.717) is 12.3 Å². The molecule has 8 N–H and O–H groups in total. The molecule has 1 aliphatic heterocycles. The van der Waals surface area contributed by atoms with Crippen molar-refractivity contribution in [3.8, 4) is 11.5 Å². The lowest BCUT2D eigenvalue weighted by molar-refractivity contribution is -0.252. The van der Waals surface area contributed by atoms with Crippen molar-refractivity contribution in [2.24, 2.45) is 5.14 Å². The Hall–Kier alpha value is -2.78. The van der Waals surface area contributed by atoms with Crippen molar-refractivity contribution in [2.75, 3.05) is 18.5 Å². The van der Waals surface area contributed by atoms with Gasteiger partial charge in [0.15, 0.2) is 12.0 Å². The van der Waals surface area contributed by atoms with E-state index in [1.54, 1.807) is 30.3 Å². The second-order valence-corrected chi connectivity index (χ2v) is 9.85. The predicted molar refractivity (Wildman–Crippen MR) is 129 cm³/mol. The average molecular weight is 526 g/mol. The van der Waals surface area contributed by atoms with Crippen LogP contribution in [-0.2, 0) is 14.8 Å². The maximum absolute atomic E-state index is 13.1. The SMILES string of the molecule is CCCCNc1cc(C(=O)N[C@@H]2C(O)O[C@@H](CO)[C@H](O)[C@H]2O)cc(S(N)(=O)=O)c1Oc1ccccc1. The van der Waals surface area contributed by atoms with E-state index in [1.807, 2.05) is 6.92 Å². The lowest BCUT2D eigenvalue weighted by atomic mass is 9.96. The van der Waals surface area contributed by atoms with Gasteiger partial charge in [0, 0.05) is 12.1 Å². The molecule has 13 heteroatoms. The number of hydrogen-bond donors (Lipinski definition) is 7. The summed E-state index contributed by atoms with van der Waals surface area (Å²) in [7, 11) is -4.37. The van der Waals surface area contributed by atoms with Crippen LogP contribution in [0.3, 0.4) is 0 Å². The van der Waals surface area contributed by atoms with Gasteiger partial charge in [-0.25, -0.2) is 13.6 Å². The number of para-hydroxylation sites is 1. The number of amides is 1. The standard InChI is InChI=1S/C23H31N3O9S/c1-2-3-9-25-15-10-13(22(30)26-18-20(29)19(28)16(12-27)35-23(18)31)11-17(36(24,32)33)21(15)34-14-7-5-4-6-8-14/h4-8,10-11,16,18-20,23,25,27-29,31H,2-3,9,12H2,1H3,(H,26,30)(H2,24,32,33)/t16-,18-,19-,20-,23?/m0/s1. The van der Waals surface area contributed by atoms with Gasteiger partial charge in [-0.15, -0.1) is 0 Å². The molecule has 5 atom stereocenters. The molecule has 1 saturated heterocycles. The van der Waals surface area contributed by atoms with Crippen LogP contribution in [0.4, 0.5) is 5.69 Å². The minimum absolute atomic E-state index is 0.0985. The molecular weight excluding hydrogens is 494 g/mol. The fourth-order valence-corrected chi connectivity index (χ4v) is 4.38. The molecular formula is C23H31N3O9S. The molecule has 0 radical (unpaired) electrons. The number of benzene rings is 2. The zero-order valence-electron chi connectivity index (χ0n) is 19.6. The minimum Gasteiger partial charge on any atom is -0.454 e. The zero-order chi connectivity index (χ0) is 26.5. The molecule has 0 saturated carbocycles. The lowest BCUT2D eigenvalue weighted by Crippen LogP contribution is -2.64. The first kappa shape index (κ1) is 27.8. The molecule has 1 amide bonds. The highest BCUT2D eigenvalue weighted by molar-refractivity contribution is 7.89. The van der Waals surface area contributed by atoms with Gasteiger partial charge in [0.25, 0.3) is 5.91 Å². The first-order valence-corrected chi connectivity index (χ1v) is 12.9. The van der Waals surface area contributed by atoms with Crippen LogP contribution >= 0.6 is 0 Å². The molecule has 12 nitrogen and oxygen atoms in total. The van der Waals surface area contributed by atoms with Crippen LogP contribution in [0.2, 0.25) is 0 Å². The largest absolute Gasteiger partial charge is 0.454 e. The van der Waals surface area contributed by atoms with E-state index in [1.165, 1.54) is 6.07 Å². The van der Waals surface area contributed by atoms with Gasteiger partial charge in [0.2, 0.25) is 10.0 Å². The van der Waals surface area contributed by atoms with Crippen molar-refractivity contribution in [1.29, 1.82) is 0 Å². The zero-order valence-corrected chi connectivity index (χ0v) is 20.4. The van der Waals surface area contributed by atoms with Crippen LogP contribution in [0.1, 0.15) is 30.1 Å². The normalized spacial score (nSPS) is 24.2. The van der Waals surface area contributed by atoms with Crippen LogP contribution in [0.25, 0.3) is 0 Å². The van der Waals surface area contributed by atoms with Crippen molar-refractivity contribution in [2.45, 2.75) is 55.3 Å². The van der Waals surface area contributed by atoms with Gasteiger partial charge in [0.05, 0.1) is 12.3 Å². The van der Waals surface area contributed by atoms with Gasteiger partial charge in [-0.1, -0.05) is 31.5 Å². The van der Waals surface area contributed by atoms with E-state index in [2.05, 4.69) is 10.6 Å². The Labute approximate surface area is 208 Å². The Morgan fingerprint density at radius 3 is 2.44 bits per heavy atom. The second kappa shape index (κ2) is 12.0. The summed E-state index contributed by atoms with van der Waals surface area (Å²) in [5.74, 6) is -0.638. The highest BCUT2D eigenvalue weighted by atomic mass is 32.2. The van der Waals surface area contributed by atoms with E-state index < -0.39 is 58.1 Å². The van der Waals surface area contributed by atoms with Gasteiger partial charge < -0.3 is 40.5 Å². The lowest BCUT2D eigenvalue weighted by Gasteiger charge is -2.40. The van der Waals surface area contributed by atoms with Crippen LogP contribution < -0.4 is 20.5 Å². The van der Waals surface area contributed by atoms with E-state index >= 15 is 0 Å². The number of carbonyl (C=O) groups is 1. The number of aliphatic hydroxyl groups is 4. The quantitative estimate of drug-likeness (QED) is 0.205. The monoisotopic (exact) mass is 525 g/mol. The highest BCUT2D eigenvalue weighted by Crippen LogP contribution is 2.37. The van der Waals surface area contributed by atoms with Crippen molar-refractivity contribution in [1.82, 2.24) is 5.32 Å². The van der Waals surface area contributed by atoms with Crippen LogP contribution in [0, 0.1) is 0 Å². The molecule has 36 heavy (non-hydrogen) atoms. The molecule has 2 aromatic rings. The number of primary sulfonamides is 1. The van der Waals surface area contributed by atoms with E-state index in [-0.39, 0.29) is 17.0 Å². The Kier molecular flexibility index (Phi) is 9.24. The number of rotatable bonds is 10. The molecule has 0 bridgehead atoms. The number of anilines is 1. The third-order valence-electron chi connectivity index (χ3n) is 5.63. The number of hydrogen-bond acceptors (Lipinski definition) is 10. The number of ether oxygens (including phenoxy) is 2. The first-order valence-electron chi connectivity index (χ1n) is 11.4.